The number of nitrogens with one attached hydrogen (secondary N) is 1. The van der Waals surface area contributed by atoms with Crippen molar-refractivity contribution in [1.29, 1.82) is 0 Å². The van der Waals surface area contributed by atoms with E-state index >= 15 is 0 Å². The van der Waals surface area contributed by atoms with Gasteiger partial charge in [-0.25, -0.2) is 4.79 Å². The summed E-state index contributed by atoms with van der Waals surface area (Å²) in [6.07, 6.45) is 3.66. The van der Waals surface area contributed by atoms with Crippen molar-refractivity contribution in [2.45, 2.75) is 64.5 Å². The van der Waals surface area contributed by atoms with Gasteiger partial charge in [-0.3, -0.25) is 4.79 Å². The maximum atomic E-state index is 12.3. The van der Waals surface area contributed by atoms with Crippen LogP contribution in [-0.4, -0.2) is 28.7 Å². The minimum absolute atomic E-state index is 0.0107. The molecule has 25 heavy (non-hydrogen) atoms. The molecule has 0 aliphatic heterocycles. The summed E-state index contributed by atoms with van der Waals surface area (Å²) in [6, 6.07) is 5.15. The van der Waals surface area contributed by atoms with Crippen molar-refractivity contribution in [2.75, 3.05) is 0 Å². The Hall–Kier alpha value is -2.24. The molecule has 0 saturated heterocycles. The van der Waals surface area contributed by atoms with E-state index in [0.717, 1.165) is 37.7 Å². The molecule has 1 aliphatic rings. The maximum Gasteiger partial charge on any atom is 0.405 e. The van der Waals surface area contributed by atoms with E-state index in [4.69, 9.17) is 10.5 Å². The lowest BCUT2D eigenvalue weighted by atomic mass is 9.80. The first kappa shape index (κ1) is 19.1. The van der Waals surface area contributed by atoms with Crippen molar-refractivity contribution in [3.05, 3.63) is 29.3 Å². The lowest BCUT2D eigenvalue weighted by Gasteiger charge is -2.34. The van der Waals surface area contributed by atoms with E-state index in [2.05, 4.69) is 5.32 Å². The van der Waals surface area contributed by atoms with Crippen molar-refractivity contribution < 1.29 is 19.4 Å². The monoisotopic (exact) mass is 348 g/mol. The molecule has 0 unspecified atom stereocenters. The van der Waals surface area contributed by atoms with Gasteiger partial charge in [-0.2, -0.15) is 0 Å². The molecule has 0 bridgehead atoms. The molecule has 0 spiro atoms. The largest absolute Gasteiger partial charge is 0.507 e. The molecule has 1 aliphatic carbocycles. The predicted octanol–water partition coefficient (Wildman–Crippen LogP) is 3.25. The second kappa shape index (κ2) is 7.76. The Morgan fingerprint density at radius 1 is 1.28 bits per heavy atom. The topological polar surface area (TPSA) is 102 Å². The standard InChI is InChI=1S/C19H28N2O4/c1-12-4-9-15(16(22)10-12)17(23)21-14-7-5-13(6-8-14)11-19(2,3)25-18(20)24/h4,9-10,13-14,22H,5-8,11H2,1-3H3,(H2,20,24)(H,21,23). The number of aryl methyl sites for hydroxylation is 1. The zero-order valence-corrected chi connectivity index (χ0v) is 15.2. The molecule has 1 fully saturated rings. The van der Waals surface area contributed by atoms with Crippen molar-refractivity contribution in [1.82, 2.24) is 5.32 Å². The van der Waals surface area contributed by atoms with Gasteiger partial charge >= 0.3 is 6.09 Å². The van der Waals surface area contributed by atoms with Crippen LogP contribution in [0.1, 0.15) is 61.9 Å². The highest BCUT2D eigenvalue weighted by molar-refractivity contribution is 5.97. The van der Waals surface area contributed by atoms with E-state index in [1.165, 1.54) is 0 Å². The lowest BCUT2D eigenvalue weighted by Crippen LogP contribution is -2.39. The van der Waals surface area contributed by atoms with Gasteiger partial charge in [0.25, 0.3) is 5.91 Å². The minimum atomic E-state index is -0.746. The van der Waals surface area contributed by atoms with Crippen LogP contribution in [0.5, 0.6) is 5.75 Å². The quantitative estimate of drug-likeness (QED) is 0.760. The summed E-state index contributed by atoms with van der Waals surface area (Å²) in [5.41, 5.74) is 5.76. The number of benzene rings is 1. The van der Waals surface area contributed by atoms with Crippen LogP contribution in [0.15, 0.2) is 18.2 Å². The van der Waals surface area contributed by atoms with Crippen LogP contribution in [-0.2, 0) is 4.74 Å². The molecule has 1 aromatic carbocycles. The molecule has 0 heterocycles. The zero-order valence-electron chi connectivity index (χ0n) is 15.2. The van der Waals surface area contributed by atoms with Crippen LogP contribution in [0.25, 0.3) is 0 Å². The number of aromatic hydroxyl groups is 1. The Kier molecular flexibility index (Phi) is 5.93. The SMILES string of the molecule is Cc1ccc(C(=O)NC2CCC(CC(C)(C)OC(N)=O)CC2)c(O)c1. The number of nitrogens with two attached hydrogens (primary N) is 1. The number of hydrogen-bond donors (Lipinski definition) is 3. The highest BCUT2D eigenvalue weighted by Crippen LogP contribution is 2.32. The fraction of sp³-hybridized carbons (Fsp3) is 0.579. The molecule has 1 aromatic rings. The number of carbonyl (C=O) groups is 2. The van der Waals surface area contributed by atoms with E-state index in [1.54, 1.807) is 12.1 Å². The average Bonchev–Trinajstić information content (AvgIpc) is 2.47. The predicted molar refractivity (Wildman–Crippen MR) is 95.4 cm³/mol. The Labute approximate surface area is 148 Å². The third kappa shape index (κ3) is 5.66. The van der Waals surface area contributed by atoms with Gasteiger partial charge in [0.2, 0.25) is 0 Å². The first-order valence-electron chi connectivity index (χ1n) is 8.75. The number of amides is 2. The summed E-state index contributed by atoms with van der Waals surface area (Å²) in [4.78, 5) is 23.3. The summed E-state index contributed by atoms with van der Waals surface area (Å²) in [6.45, 7) is 5.60. The number of rotatable bonds is 5. The highest BCUT2D eigenvalue weighted by atomic mass is 16.6. The summed E-state index contributed by atoms with van der Waals surface area (Å²) in [7, 11) is 0. The van der Waals surface area contributed by atoms with E-state index in [-0.39, 0.29) is 17.7 Å². The van der Waals surface area contributed by atoms with Crippen LogP contribution in [0, 0.1) is 12.8 Å². The van der Waals surface area contributed by atoms with Crippen molar-refractivity contribution in [3.8, 4) is 5.75 Å². The number of carbonyl (C=O) groups excluding carboxylic acids is 2. The van der Waals surface area contributed by atoms with Gasteiger partial charge in [0, 0.05) is 6.04 Å². The second-order valence-corrected chi connectivity index (χ2v) is 7.60. The molecule has 6 heteroatoms. The number of ether oxygens (including phenoxy) is 1. The fourth-order valence-electron chi connectivity index (χ4n) is 3.62. The number of phenolic OH excluding ortho intramolecular Hbond substituents is 1. The normalized spacial score (nSPS) is 20.8. The molecule has 4 N–H and O–H groups in total. The smallest absolute Gasteiger partial charge is 0.405 e. The van der Waals surface area contributed by atoms with Gasteiger partial charge in [-0.1, -0.05) is 6.07 Å². The van der Waals surface area contributed by atoms with Gasteiger partial charge in [-0.05, 0) is 76.5 Å². The van der Waals surface area contributed by atoms with E-state index < -0.39 is 11.7 Å². The lowest BCUT2D eigenvalue weighted by molar-refractivity contribution is 0.0206. The van der Waals surface area contributed by atoms with Crippen LogP contribution in [0.4, 0.5) is 4.79 Å². The maximum absolute atomic E-state index is 12.3. The Bertz CT molecular complexity index is 634. The first-order chi connectivity index (χ1) is 11.7. The number of phenols is 1. The van der Waals surface area contributed by atoms with E-state index in [9.17, 15) is 14.7 Å². The second-order valence-electron chi connectivity index (χ2n) is 7.60. The van der Waals surface area contributed by atoms with Gasteiger partial charge in [-0.15, -0.1) is 0 Å². The van der Waals surface area contributed by atoms with Crippen LogP contribution < -0.4 is 11.1 Å². The van der Waals surface area contributed by atoms with E-state index in [0.29, 0.717) is 11.5 Å². The molecule has 138 valence electrons. The molecule has 1 saturated carbocycles. The average molecular weight is 348 g/mol. The number of primary amides is 1. The summed E-state index contributed by atoms with van der Waals surface area (Å²) in [5, 5.41) is 12.9. The van der Waals surface area contributed by atoms with Crippen LogP contribution in [0.2, 0.25) is 0 Å². The first-order valence-corrected chi connectivity index (χ1v) is 8.75. The minimum Gasteiger partial charge on any atom is -0.507 e. The Morgan fingerprint density at radius 2 is 1.92 bits per heavy atom. The number of hydrogen-bond acceptors (Lipinski definition) is 4. The molecule has 0 radical (unpaired) electrons. The molecular weight excluding hydrogens is 320 g/mol. The van der Waals surface area contributed by atoms with Crippen molar-refractivity contribution in [3.63, 3.8) is 0 Å². The van der Waals surface area contributed by atoms with Gasteiger partial charge in [0.15, 0.2) is 0 Å². The van der Waals surface area contributed by atoms with E-state index in [1.807, 2.05) is 26.8 Å². The van der Waals surface area contributed by atoms with Crippen molar-refractivity contribution >= 4 is 12.0 Å². The third-order valence-electron chi connectivity index (χ3n) is 4.74. The molecule has 2 amide bonds. The highest BCUT2D eigenvalue weighted by Gasteiger charge is 2.30. The van der Waals surface area contributed by atoms with Gasteiger partial charge < -0.3 is 20.9 Å². The summed E-state index contributed by atoms with van der Waals surface area (Å²) in [5.74, 6) is 0.213. The summed E-state index contributed by atoms with van der Waals surface area (Å²) >= 11 is 0. The Balaban J connectivity index is 1.84. The molecule has 0 aromatic heterocycles. The molecule has 6 nitrogen and oxygen atoms in total. The van der Waals surface area contributed by atoms with Crippen LogP contribution >= 0.6 is 0 Å². The Morgan fingerprint density at radius 3 is 2.48 bits per heavy atom. The zero-order chi connectivity index (χ0) is 18.6. The summed E-state index contributed by atoms with van der Waals surface area (Å²) < 4.78 is 5.15. The van der Waals surface area contributed by atoms with Crippen LogP contribution in [0.3, 0.4) is 0 Å². The fourth-order valence-corrected chi connectivity index (χ4v) is 3.62. The van der Waals surface area contributed by atoms with Crippen molar-refractivity contribution in [2.24, 2.45) is 11.7 Å². The van der Waals surface area contributed by atoms with Gasteiger partial charge in [0.1, 0.15) is 11.4 Å². The molecule has 2 rings (SSSR count). The molecular formula is C19H28N2O4. The third-order valence-corrected chi connectivity index (χ3v) is 4.74. The molecule has 0 atom stereocenters. The van der Waals surface area contributed by atoms with Gasteiger partial charge in [0.05, 0.1) is 5.56 Å².